The molecule has 1 nitrogen and oxygen atoms in total. The number of unbranched alkanes of at least 4 members (excludes halogenated alkanes) is 2. The summed E-state index contributed by atoms with van der Waals surface area (Å²) in [5, 5.41) is 0. The first-order valence-corrected chi connectivity index (χ1v) is 8.92. The molecular weight excluding hydrogens is 200 g/mol. The second kappa shape index (κ2) is 9.17. The van der Waals surface area contributed by atoms with Gasteiger partial charge in [-0.1, -0.05) is 52.2 Å². The van der Waals surface area contributed by atoms with Crippen molar-refractivity contribution in [3.8, 4) is 0 Å². The van der Waals surface area contributed by atoms with Gasteiger partial charge in [0.25, 0.3) is 0 Å². The predicted octanol–water partition coefficient (Wildman–Crippen LogP) is 4.68. The monoisotopic (exact) mass is 228 g/mol. The van der Waals surface area contributed by atoms with Crippen LogP contribution in [0.15, 0.2) is 12.3 Å². The highest BCUT2D eigenvalue weighted by Gasteiger charge is 2.29. The van der Waals surface area contributed by atoms with Crippen LogP contribution in [0.2, 0.25) is 12.1 Å². The lowest BCUT2D eigenvalue weighted by atomic mass is 10.4. The molecule has 90 valence electrons. The molecule has 0 atom stereocenters. The van der Waals surface area contributed by atoms with Crippen molar-refractivity contribution in [1.82, 2.24) is 0 Å². The smallest absolute Gasteiger partial charge is 0.216 e. The van der Waals surface area contributed by atoms with Crippen molar-refractivity contribution in [1.29, 1.82) is 0 Å². The zero-order valence-corrected chi connectivity index (χ0v) is 11.8. The fourth-order valence-electron chi connectivity index (χ4n) is 1.79. The van der Waals surface area contributed by atoms with Crippen molar-refractivity contribution < 1.29 is 4.43 Å². The number of hydrogen-bond donors (Lipinski definition) is 0. The summed E-state index contributed by atoms with van der Waals surface area (Å²) in [6.07, 6.45) is 6.26. The Balaban J connectivity index is 4.23. The molecule has 0 fully saturated rings. The molecule has 0 amide bonds. The van der Waals surface area contributed by atoms with Crippen LogP contribution in [0.25, 0.3) is 0 Å². The predicted molar refractivity (Wildman–Crippen MR) is 71.6 cm³/mol. The quantitative estimate of drug-likeness (QED) is 0.493. The summed E-state index contributed by atoms with van der Waals surface area (Å²) in [5.74, 6) is 0. The van der Waals surface area contributed by atoms with Crippen LogP contribution in [0.1, 0.15) is 52.9 Å². The summed E-state index contributed by atoms with van der Waals surface area (Å²) in [5.41, 5.74) is 2.17. The Morgan fingerprint density at radius 1 is 1.00 bits per heavy atom. The van der Waals surface area contributed by atoms with E-state index in [0.29, 0.717) is 0 Å². The van der Waals surface area contributed by atoms with Gasteiger partial charge in [0.2, 0.25) is 8.32 Å². The van der Waals surface area contributed by atoms with Gasteiger partial charge in [0.05, 0.1) is 0 Å². The SMILES string of the molecule is C=C[Si](CCCC)(CCCC)OCCC. The molecule has 0 aliphatic heterocycles. The van der Waals surface area contributed by atoms with Crippen LogP contribution >= 0.6 is 0 Å². The fourth-order valence-corrected chi connectivity index (χ4v) is 5.37. The lowest BCUT2D eigenvalue weighted by Crippen LogP contribution is -2.36. The average Bonchev–Trinajstić information content (AvgIpc) is 2.29. The van der Waals surface area contributed by atoms with E-state index in [9.17, 15) is 0 Å². The van der Waals surface area contributed by atoms with Crippen LogP contribution in [0.4, 0.5) is 0 Å². The molecule has 0 spiro atoms. The van der Waals surface area contributed by atoms with E-state index < -0.39 is 8.32 Å². The van der Waals surface area contributed by atoms with Crippen LogP contribution in [-0.2, 0) is 4.43 Å². The summed E-state index contributed by atoms with van der Waals surface area (Å²) in [6.45, 7) is 11.6. The average molecular weight is 228 g/mol. The zero-order valence-electron chi connectivity index (χ0n) is 10.8. The van der Waals surface area contributed by atoms with Gasteiger partial charge in [-0.05, 0) is 18.5 Å². The van der Waals surface area contributed by atoms with Crippen LogP contribution in [0.5, 0.6) is 0 Å². The number of hydrogen-bond acceptors (Lipinski definition) is 1. The van der Waals surface area contributed by atoms with Crippen molar-refractivity contribution in [2.75, 3.05) is 6.61 Å². The van der Waals surface area contributed by atoms with Crippen LogP contribution in [-0.4, -0.2) is 14.9 Å². The normalized spacial score (nSPS) is 11.7. The van der Waals surface area contributed by atoms with Gasteiger partial charge >= 0.3 is 0 Å². The van der Waals surface area contributed by atoms with E-state index in [1.165, 1.54) is 37.8 Å². The molecule has 2 heteroatoms. The molecule has 0 unspecified atom stereocenters. The van der Waals surface area contributed by atoms with E-state index in [0.717, 1.165) is 13.0 Å². The van der Waals surface area contributed by atoms with E-state index in [2.05, 4.69) is 33.0 Å². The highest BCUT2D eigenvalue weighted by molar-refractivity contribution is 6.78. The van der Waals surface area contributed by atoms with Gasteiger partial charge < -0.3 is 4.43 Å². The maximum atomic E-state index is 6.15. The van der Waals surface area contributed by atoms with Gasteiger partial charge in [0, 0.05) is 6.61 Å². The van der Waals surface area contributed by atoms with Gasteiger partial charge in [-0.25, -0.2) is 0 Å². The minimum absolute atomic E-state index is 0.922. The minimum Gasteiger partial charge on any atom is -0.413 e. The second-order valence-corrected chi connectivity index (χ2v) is 8.15. The Morgan fingerprint density at radius 3 is 1.87 bits per heavy atom. The van der Waals surface area contributed by atoms with Gasteiger partial charge in [-0.3, -0.25) is 0 Å². The van der Waals surface area contributed by atoms with E-state index in [1.807, 2.05) is 0 Å². The Kier molecular flexibility index (Phi) is 9.11. The van der Waals surface area contributed by atoms with E-state index in [1.54, 1.807) is 0 Å². The first-order chi connectivity index (χ1) is 7.24. The van der Waals surface area contributed by atoms with Gasteiger partial charge in [-0.15, -0.1) is 6.58 Å². The van der Waals surface area contributed by atoms with Crippen molar-refractivity contribution >= 4 is 8.32 Å². The fraction of sp³-hybridized carbons (Fsp3) is 0.846. The zero-order chi connectivity index (χ0) is 11.6. The molecule has 0 N–H and O–H groups in total. The molecule has 0 aromatic rings. The van der Waals surface area contributed by atoms with E-state index in [4.69, 9.17) is 4.43 Å². The molecular formula is C13H28OSi. The van der Waals surface area contributed by atoms with Crippen molar-refractivity contribution in [3.05, 3.63) is 12.3 Å². The summed E-state index contributed by atoms with van der Waals surface area (Å²) in [4.78, 5) is 0. The molecule has 0 saturated carbocycles. The summed E-state index contributed by atoms with van der Waals surface area (Å²) in [6, 6.07) is 2.54. The van der Waals surface area contributed by atoms with E-state index >= 15 is 0 Å². The van der Waals surface area contributed by atoms with Gasteiger partial charge in [0.15, 0.2) is 0 Å². The highest BCUT2D eigenvalue weighted by atomic mass is 28.4. The molecule has 0 aliphatic rings. The lowest BCUT2D eigenvalue weighted by Gasteiger charge is -2.28. The molecule has 0 aromatic carbocycles. The maximum Gasteiger partial charge on any atom is 0.216 e. The topological polar surface area (TPSA) is 9.23 Å². The van der Waals surface area contributed by atoms with Crippen molar-refractivity contribution in [3.63, 3.8) is 0 Å². The first-order valence-electron chi connectivity index (χ1n) is 6.52. The molecule has 0 aliphatic carbocycles. The molecule has 15 heavy (non-hydrogen) atoms. The molecule has 0 bridgehead atoms. The summed E-state index contributed by atoms with van der Waals surface area (Å²) >= 11 is 0. The molecule has 0 heterocycles. The maximum absolute atomic E-state index is 6.15. The molecule has 0 saturated heterocycles. The molecule has 0 aromatic heterocycles. The van der Waals surface area contributed by atoms with Gasteiger partial charge in [0.1, 0.15) is 0 Å². The Labute approximate surface area is 97.0 Å². The van der Waals surface area contributed by atoms with Gasteiger partial charge in [-0.2, -0.15) is 0 Å². The molecule has 0 radical (unpaired) electrons. The third kappa shape index (κ3) is 6.16. The highest BCUT2D eigenvalue weighted by Crippen LogP contribution is 2.24. The Morgan fingerprint density at radius 2 is 1.53 bits per heavy atom. The molecule has 0 rings (SSSR count). The third-order valence-electron chi connectivity index (χ3n) is 2.87. The first kappa shape index (κ1) is 14.9. The van der Waals surface area contributed by atoms with Crippen molar-refractivity contribution in [2.45, 2.75) is 65.0 Å². The van der Waals surface area contributed by atoms with Crippen LogP contribution in [0.3, 0.4) is 0 Å². The Bertz CT molecular complexity index is 135. The van der Waals surface area contributed by atoms with Crippen LogP contribution < -0.4 is 0 Å². The summed E-state index contributed by atoms with van der Waals surface area (Å²) in [7, 11) is -1.57. The van der Waals surface area contributed by atoms with Crippen molar-refractivity contribution in [2.24, 2.45) is 0 Å². The second-order valence-electron chi connectivity index (χ2n) is 4.32. The minimum atomic E-state index is -1.57. The number of rotatable bonds is 10. The third-order valence-corrected chi connectivity index (χ3v) is 6.80. The largest absolute Gasteiger partial charge is 0.413 e. The Hall–Kier alpha value is -0.0831. The summed E-state index contributed by atoms with van der Waals surface area (Å²) < 4.78 is 6.15. The lowest BCUT2D eigenvalue weighted by molar-refractivity contribution is 0.303. The van der Waals surface area contributed by atoms with E-state index in [-0.39, 0.29) is 0 Å². The standard InChI is InChI=1S/C13H28OSi/c1-5-9-12-15(8-4,13-10-6-2)14-11-7-3/h8H,4-7,9-13H2,1-3H3. The van der Waals surface area contributed by atoms with Crippen LogP contribution in [0, 0.1) is 0 Å².